The van der Waals surface area contributed by atoms with Gasteiger partial charge in [0.25, 0.3) is 5.91 Å². The Labute approximate surface area is 170 Å². The molecule has 0 aliphatic carbocycles. The van der Waals surface area contributed by atoms with Crippen LogP contribution in [0.4, 0.5) is 5.13 Å². The summed E-state index contributed by atoms with van der Waals surface area (Å²) in [6, 6.07) is 6.03. The summed E-state index contributed by atoms with van der Waals surface area (Å²) in [5.74, 6) is -0.104. The largest absolute Gasteiger partial charge is 0.308 e. The average Bonchev–Trinajstić information content (AvgIpc) is 3.21. The summed E-state index contributed by atoms with van der Waals surface area (Å²) in [5.41, 5.74) is 3.77. The molecule has 0 fully saturated rings. The van der Waals surface area contributed by atoms with Crippen molar-refractivity contribution in [3.63, 3.8) is 0 Å². The molecular formula is C19H26ClN5OS. The maximum Gasteiger partial charge on any atom is 0.280 e. The minimum absolute atomic E-state index is 0. The number of aryl methyl sites for hydroxylation is 3. The normalized spacial score (nSPS) is 11.0. The predicted octanol–water partition coefficient (Wildman–Crippen LogP) is 3.76. The van der Waals surface area contributed by atoms with Crippen molar-refractivity contribution in [2.24, 2.45) is 0 Å². The molecule has 0 bridgehead atoms. The lowest BCUT2D eigenvalue weighted by atomic mass is 10.1. The zero-order valence-electron chi connectivity index (χ0n) is 16.4. The fraction of sp³-hybridized carbons (Fsp3) is 0.421. The van der Waals surface area contributed by atoms with E-state index in [1.54, 1.807) is 27.0 Å². The van der Waals surface area contributed by atoms with Crippen LogP contribution < -0.4 is 4.90 Å². The molecule has 3 aromatic rings. The molecule has 0 N–H and O–H groups in total. The Hall–Kier alpha value is -1.96. The van der Waals surface area contributed by atoms with Crippen LogP contribution in [0.1, 0.15) is 28.5 Å². The summed E-state index contributed by atoms with van der Waals surface area (Å²) in [6.45, 7) is 8.22. The number of hydrogen-bond acceptors (Lipinski definition) is 5. The fourth-order valence-corrected chi connectivity index (χ4v) is 4.01. The maximum atomic E-state index is 13.1. The van der Waals surface area contributed by atoms with Crippen molar-refractivity contribution in [2.75, 3.05) is 32.1 Å². The van der Waals surface area contributed by atoms with E-state index in [1.165, 1.54) is 5.56 Å². The third-order valence-electron chi connectivity index (χ3n) is 4.25. The molecule has 0 aliphatic heterocycles. The third kappa shape index (κ3) is 4.66. The van der Waals surface area contributed by atoms with Crippen molar-refractivity contribution in [3.8, 4) is 0 Å². The Morgan fingerprint density at radius 1 is 1.22 bits per heavy atom. The van der Waals surface area contributed by atoms with Crippen molar-refractivity contribution in [1.82, 2.24) is 19.7 Å². The summed E-state index contributed by atoms with van der Waals surface area (Å²) < 4.78 is 2.88. The molecule has 0 spiro atoms. The van der Waals surface area contributed by atoms with Crippen LogP contribution >= 0.6 is 23.7 Å². The molecule has 3 rings (SSSR count). The molecule has 2 heterocycles. The predicted molar refractivity (Wildman–Crippen MR) is 114 cm³/mol. The number of thiazole rings is 1. The molecule has 0 saturated carbocycles. The van der Waals surface area contributed by atoms with E-state index >= 15 is 0 Å². The number of likely N-dealkylation sites (N-methyl/N-ethyl adjacent to an activating group) is 1. The highest BCUT2D eigenvalue weighted by atomic mass is 35.5. The zero-order valence-corrected chi connectivity index (χ0v) is 18.0. The molecule has 27 heavy (non-hydrogen) atoms. The first-order chi connectivity index (χ1) is 12.4. The second kappa shape index (κ2) is 8.82. The molecule has 146 valence electrons. The second-order valence-electron chi connectivity index (χ2n) is 6.74. The van der Waals surface area contributed by atoms with Crippen LogP contribution in [0.25, 0.3) is 10.2 Å². The molecule has 0 unspecified atom stereocenters. The number of anilines is 1. The Morgan fingerprint density at radius 3 is 2.59 bits per heavy atom. The summed E-state index contributed by atoms with van der Waals surface area (Å²) in [6.07, 6.45) is 1.84. The number of halogens is 1. The van der Waals surface area contributed by atoms with Gasteiger partial charge in [-0.1, -0.05) is 17.4 Å². The molecule has 0 saturated heterocycles. The molecule has 0 radical (unpaired) electrons. The van der Waals surface area contributed by atoms with Gasteiger partial charge in [0.2, 0.25) is 0 Å². The van der Waals surface area contributed by atoms with Gasteiger partial charge in [-0.25, -0.2) is 4.98 Å². The Kier molecular flexibility index (Phi) is 6.97. The van der Waals surface area contributed by atoms with Gasteiger partial charge in [-0.15, -0.1) is 12.4 Å². The summed E-state index contributed by atoms with van der Waals surface area (Å²) in [4.78, 5) is 21.7. The van der Waals surface area contributed by atoms with Gasteiger partial charge in [-0.05, 0) is 58.1 Å². The Morgan fingerprint density at radius 2 is 1.96 bits per heavy atom. The van der Waals surface area contributed by atoms with Crippen LogP contribution in [0.2, 0.25) is 0 Å². The van der Waals surface area contributed by atoms with E-state index in [1.807, 2.05) is 27.2 Å². The van der Waals surface area contributed by atoms with Crippen LogP contribution in [-0.2, 0) is 6.54 Å². The lowest BCUT2D eigenvalue weighted by molar-refractivity contribution is 0.0979. The van der Waals surface area contributed by atoms with E-state index in [0.29, 0.717) is 12.2 Å². The van der Waals surface area contributed by atoms with Crippen LogP contribution in [0, 0.1) is 13.8 Å². The smallest absolute Gasteiger partial charge is 0.280 e. The standard InChI is InChI=1S/C19H25N5OS.ClH/c1-6-23-8-7-15(21-23)18(25)24(10-9-22(4)5)19-20-17-14(3)11-13(2)12-16(17)26-19;/h7-8,11-12H,6,9-10H2,1-5H3;1H. The number of hydrogen-bond donors (Lipinski definition) is 0. The van der Waals surface area contributed by atoms with E-state index in [0.717, 1.165) is 34.0 Å². The molecule has 6 nitrogen and oxygen atoms in total. The van der Waals surface area contributed by atoms with Crippen molar-refractivity contribution in [2.45, 2.75) is 27.3 Å². The topological polar surface area (TPSA) is 54.3 Å². The molecule has 1 aromatic carbocycles. The molecular weight excluding hydrogens is 382 g/mol. The minimum atomic E-state index is -0.104. The molecule has 8 heteroatoms. The second-order valence-corrected chi connectivity index (χ2v) is 7.75. The monoisotopic (exact) mass is 407 g/mol. The number of carbonyl (C=O) groups excluding carboxylic acids is 1. The van der Waals surface area contributed by atoms with Gasteiger partial charge in [-0.2, -0.15) is 5.10 Å². The van der Waals surface area contributed by atoms with Crippen LogP contribution in [0.3, 0.4) is 0 Å². The highest BCUT2D eigenvalue weighted by Crippen LogP contribution is 2.32. The highest BCUT2D eigenvalue weighted by molar-refractivity contribution is 7.22. The van der Waals surface area contributed by atoms with Crippen molar-refractivity contribution in [1.29, 1.82) is 0 Å². The van der Waals surface area contributed by atoms with Gasteiger partial charge >= 0.3 is 0 Å². The molecule has 0 atom stereocenters. The van der Waals surface area contributed by atoms with Crippen molar-refractivity contribution >= 4 is 45.0 Å². The van der Waals surface area contributed by atoms with Crippen molar-refractivity contribution < 1.29 is 4.79 Å². The van der Waals surface area contributed by atoms with Gasteiger partial charge < -0.3 is 4.90 Å². The van der Waals surface area contributed by atoms with E-state index in [9.17, 15) is 4.79 Å². The van der Waals surface area contributed by atoms with Gasteiger partial charge in [0.15, 0.2) is 10.8 Å². The first-order valence-corrected chi connectivity index (χ1v) is 9.58. The fourth-order valence-electron chi connectivity index (χ4n) is 2.85. The van der Waals surface area contributed by atoms with E-state index in [2.05, 4.69) is 36.0 Å². The van der Waals surface area contributed by atoms with E-state index < -0.39 is 0 Å². The van der Waals surface area contributed by atoms with Crippen molar-refractivity contribution in [3.05, 3.63) is 41.2 Å². The maximum absolute atomic E-state index is 13.1. The lowest BCUT2D eigenvalue weighted by Gasteiger charge is -2.21. The first kappa shape index (κ1) is 21.3. The van der Waals surface area contributed by atoms with Crippen LogP contribution in [-0.4, -0.2) is 52.8 Å². The van der Waals surface area contributed by atoms with Gasteiger partial charge in [0, 0.05) is 25.8 Å². The molecule has 1 amide bonds. The summed E-state index contributed by atoms with van der Waals surface area (Å²) >= 11 is 1.56. The van der Waals surface area contributed by atoms with E-state index in [4.69, 9.17) is 4.98 Å². The number of amides is 1. The third-order valence-corrected chi connectivity index (χ3v) is 5.27. The van der Waals surface area contributed by atoms with Gasteiger partial charge in [-0.3, -0.25) is 14.4 Å². The molecule has 0 aliphatic rings. The summed E-state index contributed by atoms with van der Waals surface area (Å²) in [7, 11) is 4.00. The van der Waals surface area contributed by atoms with Gasteiger partial charge in [0.05, 0.1) is 10.2 Å². The SMILES string of the molecule is CCn1ccc(C(=O)N(CCN(C)C)c2nc3c(C)cc(C)cc3s2)n1.Cl. The average molecular weight is 408 g/mol. The number of carbonyl (C=O) groups is 1. The van der Waals surface area contributed by atoms with Crippen LogP contribution in [0.15, 0.2) is 24.4 Å². The Bertz CT molecular complexity index is 933. The summed E-state index contributed by atoms with van der Waals surface area (Å²) in [5, 5.41) is 5.10. The zero-order chi connectivity index (χ0) is 18.8. The van der Waals surface area contributed by atoms with Crippen LogP contribution in [0.5, 0.6) is 0 Å². The number of benzene rings is 1. The number of aromatic nitrogens is 3. The molecule has 2 aromatic heterocycles. The minimum Gasteiger partial charge on any atom is -0.308 e. The van der Waals surface area contributed by atoms with Gasteiger partial charge in [0.1, 0.15) is 0 Å². The highest BCUT2D eigenvalue weighted by Gasteiger charge is 2.23. The number of fused-ring (bicyclic) bond motifs is 1. The quantitative estimate of drug-likeness (QED) is 0.624. The lowest BCUT2D eigenvalue weighted by Crippen LogP contribution is -2.37. The van der Waals surface area contributed by atoms with E-state index in [-0.39, 0.29) is 18.3 Å². The Balaban J connectivity index is 0.00000261. The first-order valence-electron chi connectivity index (χ1n) is 8.77. The number of nitrogens with zero attached hydrogens (tertiary/aromatic N) is 5. The number of rotatable bonds is 6.